The Morgan fingerprint density at radius 1 is 1.19 bits per heavy atom. The highest BCUT2D eigenvalue weighted by Gasteiger charge is 2.19. The topological polar surface area (TPSA) is 66.4 Å². The maximum atomic E-state index is 12.2. The van der Waals surface area contributed by atoms with Gasteiger partial charge in [0.25, 0.3) is 0 Å². The first-order chi connectivity index (χ1) is 10.1. The summed E-state index contributed by atoms with van der Waals surface area (Å²) in [6.45, 7) is 0. The number of carboxylic acid groups (broad SMARTS) is 1. The minimum Gasteiger partial charge on any atom is -0.478 e. The Labute approximate surface area is 133 Å². The summed E-state index contributed by atoms with van der Waals surface area (Å²) in [7, 11) is 0. The zero-order chi connectivity index (χ0) is 15.2. The number of halogens is 1. The predicted octanol–water partition coefficient (Wildman–Crippen LogP) is 4.45. The van der Waals surface area contributed by atoms with Gasteiger partial charge in [0, 0.05) is 10.9 Å². The molecule has 1 saturated carbocycles. The maximum Gasteiger partial charge on any atom is 0.337 e. The van der Waals surface area contributed by atoms with Crippen molar-refractivity contribution in [1.82, 2.24) is 0 Å². The summed E-state index contributed by atoms with van der Waals surface area (Å²) >= 11 is 3.30. The van der Waals surface area contributed by atoms with Crippen LogP contribution in [-0.4, -0.2) is 17.0 Å². The van der Waals surface area contributed by atoms with E-state index in [1.807, 2.05) is 0 Å². The average Bonchev–Trinajstić information content (AvgIpc) is 2.69. The van der Waals surface area contributed by atoms with E-state index in [4.69, 9.17) is 0 Å². The number of hydrogen-bond donors (Lipinski definition) is 2. The highest BCUT2D eigenvalue weighted by atomic mass is 79.9. The van der Waals surface area contributed by atoms with E-state index in [9.17, 15) is 14.7 Å². The van der Waals surface area contributed by atoms with Gasteiger partial charge in [-0.25, -0.2) is 4.79 Å². The lowest BCUT2D eigenvalue weighted by molar-refractivity contribution is -0.117. The number of benzene rings is 1. The maximum absolute atomic E-state index is 12.2. The second-order valence-electron chi connectivity index (χ2n) is 5.58. The van der Waals surface area contributed by atoms with Gasteiger partial charge in [-0.15, -0.1) is 0 Å². The first-order valence-electron chi connectivity index (χ1n) is 7.39. The molecule has 0 aromatic heterocycles. The molecule has 1 aromatic carbocycles. The molecule has 0 saturated heterocycles. The van der Waals surface area contributed by atoms with Crippen LogP contribution < -0.4 is 5.32 Å². The van der Waals surface area contributed by atoms with Crippen LogP contribution in [0.25, 0.3) is 0 Å². The van der Waals surface area contributed by atoms with Crippen LogP contribution in [0.15, 0.2) is 22.7 Å². The summed E-state index contributed by atoms with van der Waals surface area (Å²) in [4.78, 5) is 23.4. The number of aromatic carboxylic acids is 1. The van der Waals surface area contributed by atoms with Crippen molar-refractivity contribution in [3.63, 3.8) is 0 Å². The number of carbonyl (C=O) groups excluding carboxylic acids is 1. The number of amides is 1. The molecule has 0 aliphatic heterocycles. The number of hydrogen-bond acceptors (Lipinski definition) is 2. The van der Waals surface area contributed by atoms with Crippen molar-refractivity contribution >= 4 is 33.5 Å². The third kappa shape index (κ3) is 4.56. The van der Waals surface area contributed by atoms with Crippen LogP contribution in [0.5, 0.6) is 0 Å². The van der Waals surface area contributed by atoms with E-state index in [1.54, 1.807) is 12.1 Å². The van der Waals surface area contributed by atoms with Crippen molar-refractivity contribution in [2.24, 2.45) is 5.92 Å². The monoisotopic (exact) mass is 353 g/mol. The van der Waals surface area contributed by atoms with Crippen molar-refractivity contribution in [2.75, 3.05) is 5.32 Å². The molecule has 2 N–H and O–H groups in total. The summed E-state index contributed by atoms with van der Waals surface area (Å²) in [5.74, 6) is -0.722. The van der Waals surface area contributed by atoms with Crippen LogP contribution in [0.1, 0.15) is 55.3 Å². The smallest absolute Gasteiger partial charge is 0.337 e. The SMILES string of the molecule is O=C(CC1CCCCCC1)Nc1c(Br)cccc1C(=O)O. The molecule has 1 aliphatic carbocycles. The van der Waals surface area contributed by atoms with Crippen LogP contribution in [0, 0.1) is 5.92 Å². The normalized spacial score (nSPS) is 16.2. The summed E-state index contributed by atoms with van der Waals surface area (Å²) in [6.07, 6.45) is 7.54. The highest BCUT2D eigenvalue weighted by molar-refractivity contribution is 9.10. The van der Waals surface area contributed by atoms with Gasteiger partial charge in [0.2, 0.25) is 5.91 Å². The van der Waals surface area contributed by atoms with Crippen molar-refractivity contribution in [1.29, 1.82) is 0 Å². The lowest BCUT2D eigenvalue weighted by atomic mass is 9.96. The van der Waals surface area contributed by atoms with E-state index in [0.717, 1.165) is 12.8 Å². The predicted molar refractivity (Wildman–Crippen MR) is 85.5 cm³/mol. The van der Waals surface area contributed by atoms with Gasteiger partial charge in [0.1, 0.15) is 0 Å². The molecule has 0 spiro atoms. The van der Waals surface area contributed by atoms with Gasteiger partial charge in [0.05, 0.1) is 11.3 Å². The number of rotatable bonds is 4. The molecule has 4 nitrogen and oxygen atoms in total. The third-order valence-electron chi connectivity index (χ3n) is 3.96. The largest absolute Gasteiger partial charge is 0.478 e. The van der Waals surface area contributed by atoms with Crippen LogP contribution >= 0.6 is 15.9 Å². The second-order valence-corrected chi connectivity index (χ2v) is 6.43. The van der Waals surface area contributed by atoms with E-state index < -0.39 is 5.97 Å². The van der Waals surface area contributed by atoms with E-state index in [2.05, 4.69) is 21.2 Å². The second kappa shape index (κ2) is 7.59. The first kappa shape index (κ1) is 16.0. The highest BCUT2D eigenvalue weighted by Crippen LogP contribution is 2.29. The third-order valence-corrected chi connectivity index (χ3v) is 4.62. The molecular weight excluding hydrogens is 334 g/mol. The minimum absolute atomic E-state index is 0.101. The Bertz CT molecular complexity index is 522. The van der Waals surface area contributed by atoms with Crippen LogP contribution in [0.3, 0.4) is 0 Å². The first-order valence-corrected chi connectivity index (χ1v) is 8.19. The minimum atomic E-state index is -1.04. The molecular formula is C16H20BrNO3. The Morgan fingerprint density at radius 3 is 2.48 bits per heavy atom. The fraction of sp³-hybridized carbons (Fsp3) is 0.500. The lowest BCUT2D eigenvalue weighted by Crippen LogP contribution is -2.18. The molecule has 0 unspecified atom stereocenters. The van der Waals surface area contributed by atoms with Gasteiger partial charge in [0.15, 0.2) is 0 Å². The molecule has 114 valence electrons. The number of carbonyl (C=O) groups is 2. The van der Waals surface area contributed by atoms with Crippen LogP contribution in [-0.2, 0) is 4.79 Å². The van der Waals surface area contributed by atoms with E-state index in [1.165, 1.54) is 31.7 Å². The Morgan fingerprint density at radius 2 is 1.86 bits per heavy atom. The molecule has 1 fully saturated rings. The summed E-state index contributed by atoms with van der Waals surface area (Å²) in [6, 6.07) is 4.87. The molecule has 1 aliphatic rings. The van der Waals surface area contributed by atoms with Gasteiger partial charge in [-0.1, -0.05) is 31.7 Å². The quantitative estimate of drug-likeness (QED) is 0.786. The summed E-state index contributed by atoms with van der Waals surface area (Å²) in [5.41, 5.74) is 0.460. The fourth-order valence-corrected chi connectivity index (χ4v) is 3.32. The van der Waals surface area contributed by atoms with Gasteiger partial charge in [-0.3, -0.25) is 4.79 Å². The number of nitrogens with one attached hydrogen (secondary N) is 1. The Hall–Kier alpha value is -1.36. The van der Waals surface area contributed by atoms with Crippen molar-refractivity contribution in [2.45, 2.75) is 44.9 Å². The average molecular weight is 354 g/mol. The zero-order valence-electron chi connectivity index (χ0n) is 11.9. The molecule has 21 heavy (non-hydrogen) atoms. The van der Waals surface area contributed by atoms with E-state index in [-0.39, 0.29) is 11.5 Å². The van der Waals surface area contributed by atoms with Crippen molar-refractivity contribution in [3.8, 4) is 0 Å². The zero-order valence-corrected chi connectivity index (χ0v) is 13.5. The molecule has 5 heteroatoms. The van der Waals surface area contributed by atoms with Crippen molar-refractivity contribution < 1.29 is 14.7 Å². The summed E-state index contributed by atoms with van der Waals surface area (Å²) < 4.78 is 0.594. The number of carboxylic acids is 1. The van der Waals surface area contributed by atoms with Crippen molar-refractivity contribution in [3.05, 3.63) is 28.2 Å². The molecule has 0 radical (unpaired) electrons. The number of anilines is 1. The standard InChI is InChI=1S/C16H20BrNO3/c17-13-9-5-8-12(16(20)21)15(13)18-14(19)10-11-6-3-1-2-4-7-11/h5,8-9,11H,1-4,6-7,10H2,(H,18,19)(H,20,21). The molecule has 1 amide bonds. The summed E-state index contributed by atoms with van der Waals surface area (Å²) in [5, 5.41) is 12.0. The molecule has 1 aromatic rings. The fourth-order valence-electron chi connectivity index (χ4n) is 2.85. The molecule has 0 bridgehead atoms. The Balaban J connectivity index is 2.03. The molecule has 0 atom stereocenters. The Kier molecular flexibility index (Phi) is 5.79. The molecule has 0 heterocycles. The van der Waals surface area contributed by atoms with E-state index >= 15 is 0 Å². The van der Waals surface area contributed by atoms with E-state index in [0.29, 0.717) is 22.5 Å². The lowest BCUT2D eigenvalue weighted by Gasteiger charge is -2.15. The van der Waals surface area contributed by atoms with Gasteiger partial charge in [-0.05, 0) is 46.8 Å². The van der Waals surface area contributed by atoms with Crippen LogP contribution in [0.4, 0.5) is 5.69 Å². The van der Waals surface area contributed by atoms with Gasteiger partial charge < -0.3 is 10.4 Å². The molecule has 2 rings (SSSR count). The van der Waals surface area contributed by atoms with Gasteiger partial charge >= 0.3 is 5.97 Å². The number of para-hydroxylation sites is 1. The van der Waals surface area contributed by atoms with Gasteiger partial charge in [-0.2, -0.15) is 0 Å². The van der Waals surface area contributed by atoms with Crippen LogP contribution in [0.2, 0.25) is 0 Å².